The van der Waals surface area contributed by atoms with Crippen molar-refractivity contribution in [3.8, 4) is 11.5 Å². The third-order valence-corrected chi connectivity index (χ3v) is 5.40. The maximum absolute atomic E-state index is 12.6. The van der Waals surface area contributed by atoms with Gasteiger partial charge < -0.3 is 14.8 Å². The van der Waals surface area contributed by atoms with Crippen LogP contribution in [0.2, 0.25) is 0 Å². The fourth-order valence-electron chi connectivity index (χ4n) is 3.03. The number of benzene rings is 3. The molecule has 3 aromatic carbocycles. The molecule has 162 valence electrons. The highest BCUT2D eigenvalue weighted by Crippen LogP contribution is 2.27. The number of anilines is 1. The van der Waals surface area contributed by atoms with Gasteiger partial charge in [-0.1, -0.05) is 43.7 Å². The van der Waals surface area contributed by atoms with E-state index in [2.05, 4.69) is 52.4 Å². The molecule has 0 saturated carbocycles. The van der Waals surface area contributed by atoms with Crippen molar-refractivity contribution in [1.82, 2.24) is 0 Å². The van der Waals surface area contributed by atoms with Gasteiger partial charge in [-0.25, -0.2) is 0 Å². The Balaban J connectivity index is 1.46. The van der Waals surface area contributed by atoms with Gasteiger partial charge in [0.05, 0.1) is 17.7 Å². The van der Waals surface area contributed by atoms with Crippen LogP contribution >= 0.6 is 15.9 Å². The first-order valence-corrected chi connectivity index (χ1v) is 11.5. The highest BCUT2D eigenvalue weighted by Gasteiger charge is 2.10. The molecule has 0 aliphatic rings. The van der Waals surface area contributed by atoms with Gasteiger partial charge in [-0.3, -0.25) is 4.79 Å². The Bertz CT molecular complexity index is 958. The van der Waals surface area contributed by atoms with E-state index in [0.29, 0.717) is 18.8 Å². The van der Waals surface area contributed by atoms with Gasteiger partial charge in [-0.15, -0.1) is 0 Å². The number of aryl methyl sites for hydroxylation is 1. The van der Waals surface area contributed by atoms with E-state index in [1.54, 1.807) is 12.1 Å². The van der Waals surface area contributed by atoms with Crippen LogP contribution in [0.15, 0.2) is 77.3 Å². The predicted molar refractivity (Wildman–Crippen MR) is 129 cm³/mol. The lowest BCUT2D eigenvalue weighted by molar-refractivity contribution is 0.102. The zero-order valence-corrected chi connectivity index (χ0v) is 19.4. The second kappa shape index (κ2) is 12.2. The van der Waals surface area contributed by atoms with E-state index in [1.807, 2.05) is 36.4 Å². The van der Waals surface area contributed by atoms with Crippen LogP contribution < -0.4 is 14.8 Å². The quantitative estimate of drug-likeness (QED) is 0.303. The van der Waals surface area contributed by atoms with Gasteiger partial charge in [-0.2, -0.15) is 0 Å². The molecule has 0 heterocycles. The van der Waals surface area contributed by atoms with Crippen molar-refractivity contribution in [2.75, 3.05) is 18.5 Å². The summed E-state index contributed by atoms with van der Waals surface area (Å²) in [5, 5.41) is 2.92. The zero-order valence-electron chi connectivity index (χ0n) is 17.8. The van der Waals surface area contributed by atoms with Gasteiger partial charge in [0.15, 0.2) is 0 Å². The number of carbonyl (C=O) groups is 1. The Kier molecular flexibility index (Phi) is 8.98. The molecule has 31 heavy (non-hydrogen) atoms. The summed E-state index contributed by atoms with van der Waals surface area (Å²) in [6.45, 7) is 3.44. The summed E-state index contributed by atoms with van der Waals surface area (Å²) in [4.78, 5) is 12.6. The molecule has 0 fully saturated rings. The highest BCUT2D eigenvalue weighted by atomic mass is 79.9. The molecule has 5 heteroatoms. The first-order chi connectivity index (χ1) is 15.2. The minimum atomic E-state index is -0.169. The summed E-state index contributed by atoms with van der Waals surface area (Å²) in [6, 6.07) is 23.2. The Morgan fingerprint density at radius 3 is 2.35 bits per heavy atom. The Labute approximate surface area is 192 Å². The monoisotopic (exact) mass is 481 g/mol. The zero-order chi connectivity index (χ0) is 21.9. The number of amides is 1. The van der Waals surface area contributed by atoms with Gasteiger partial charge in [0.25, 0.3) is 5.91 Å². The van der Waals surface area contributed by atoms with Crippen molar-refractivity contribution in [3.05, 3.63) is 88.4 Å². The smallest absolute Gasteiger partial charge is 0.255 e. The second-order valence-electron chi connectivity index (χ2n) is 7.26. The number of hydrogen-bond acceptors (Lipinski definition) is 3. The molecule has 0 bridgehead atoms. The maximum atomic E-state index is 12.6. The van der Waals surface area contributed by atoms with Crippen LogP contribution in [0.25, 0.3) is 0 Å². The second-order valence-corrected chi connectivity index (χ2v) is 8.12. The van der Waals surface area contributed by atoms with Crippen molar-refractivity contribution >= 4 is 27.5 Å². The van der Waals surface area contributed by atoms with E-state index in [0.717, 1.165) is 47.3 Å². The van der Waals surface area contributed by atoms with Gasteiger partial charge in [0.1, 0.15) is 11.5 Å². The van der Waals surface area contributed by atoms with Crippen molar-refractivity contribution in [2.24, 2.45) is 0 Å². The number of carbonyl (C=O) groups excluding carboxylic acids is 1. The lowest BCUT2D eigenvalue weighted by Crippen LogP contribution is -2.12. The molecule has 1 amide bonds. The highest BCUT2D eigenvalue weighted by molar-refractivity contribution is 9.10. The third kappa shape index (κ3) is 7.44. The molecule has 0 aliphatic carbocycles. The topological polar surface area (TPSA) is 47.6 Å². The Morgan fingerprint density at radius 2 is 1.65 bits per heavy atom. The van der Waals surface area contributed by atoms with Crippen LogP contribution in [-0.2, 0) is 6.42 Å². The molecular weight excluding hydrogens is 454 g/mol. The number of nitrogens with one attached hydrogen (secondary N) is 1. The van der Waals surface area contributed by atoms with Crippen LogP contribution in [0.4, 0.5) is 5.69 Å². The van der Waals surface area contributed by atoms with Crippen molar-refractivity contribution in [3.63, 3.8) is 0 Å². The average Bonchev–Trinajstić information content (AvgIpc) is 2.79. The summed E-state index contributed by atoms with van der Waals surface area (Å²) >= 11 is 3.49. The SMILES string of the molecule is CCCCOc1ccc(C(=O)Nc2ccc(OCCCc3ccccc3)cc2)cc1Br. The average molecular weight is 482 g/mol. The van der Waals surface area contributed by atoms with Gasteiger partial charge in [-0.05, 0) is 83.2 Å². The van der Waals surface area contributed by atoms with E-state index in [-0.39, 0.29) is 5.91 Å². The van der Waals surface area contributed by atoms with Crippen molar-refractivity contribution in [2.45, 2.75) is 32.6 Å². The summed E-state index contributed by atoms with van der Waals surface area (Å²) in [6.07, 6.45) is 4.03. The molecule has 3 aromatic rings. The molecule has 0 saturated heterocycles. The molecule has 0 radical (unpaired) electrons. The molecule has 0 spiro atoms. The summed E-state index contributed by atoms with van der Waals surface area (Å²) in [5.74, 6) is 1.37. The maximum Gasteiger partial charge on any atom is 0.255 e. The van der Waals surface area contributed by atoms with Crippen LogP contribution in [-0.4, -0.2) is 19.1 Å². The Morgan fingerprint density at radius 1 is 0.903 bits per heavy atom. The molecular formula is C26H28BrNO3. The fraction of sp³-hybridized carbons (Fsp3) is 0.269. The molecule has 3 rings (SSSR count). The van der Waals surface area contributed by atoms with Crippen LogP contribution in [0.3, 0.4) is 0 Å². The number of ether oxygens (including phenoxy) is 2. The van der Waals surface area contributed by atoms with E-state index < -0.39 is 0 Å². The normalized spacial score (nSPS) is 10.5. The molecule has 4 nitrogen and oxygen atoms in total. The summed E-state index contributed by atoms with van der Waals surface area (Å²) < 4.78 is 12.3. The molecule has 0 atom stereocenters. The van der Waals surface area contributed by atoms with Crippen LogP contribution in [0.5, 0.6) is 11.5 Å². The largest absolute Gasteiger partial charge is 0.494 e. The molecule has 0 unspecified atom stereocenters. The number of hydrogen-bond donors (Lipinski definition) is 1. The van der Waals surface area contributed by atoms with Gasteiger partial charge in [0, 0.05) is 11.3 Å². The van der Waals surface area contributed by atoms with Gasteiger partial charge in [0.2, 0.25) is 0 Å². The number of unbranched alkanes of at least 4 members (excludes halogenated alkanes) is 1. The van der Waals surface area contributed by atoms with Crippen molar-refractivity contribution in [1.29, 1.82) is 0 Å². The van der Waals surface area contributed by atoms with E-state index >= 15 is 0 Å². The first-order valence-electron chi connectivity index (χ1n) is 10.7. The summed E-state index contributed by atoms with van der Waals surface area (Å²) in [5.41, 5.74) is 2.60. The summed E-state index contributed by atoms with van der Waals surface area (Å²) in [7, 11) is 0. The number of halogens is 1. The van der Waals surface area contributed by atoms with Crippen molar-refractivity contribution < 1.29 is 14.3 Å². The fourth-order valence-corrected chi connectivity index (χ4v) is 3.53. The van der Waals surface area contributed by atoms with E-state index in [1.165, 1.54) is 5.56 Å². The first kappa shape index (κ1) is 22.9. The minimum Gasteiger partial charge on any atom is -0.494 e. The standard InChI is InChI=1S/C26H28BrNO3/c1-2-3-17-31-25-16-11-21(19-24(25)27)26(29)28-22-12-14-23(15-13-22)30-18-7-10-20-8-5-4-6-9-20/h4-6,8-9,11-16,19H,2-3,7,10,17-18H2,1H3,(H,28,29). The van der Waals surface area contributed by atoms with E-state index in [4.69, 9.17) is 9.47 Å². The molecule has 0 aliphatic heterocycles. The molecule has 0 aromatic heterocycles. The Hall–Kier alpha value is -2.79. The third-order valence-electron chi connectivity index (χ3n) is 4.78. The van der Waals surface area contributed by atoms with Crippen LogP contribution in [0, 0.1) is 0 Å². The van der Waals surface area contributed by atoms with E-state index in [9.17, 15) is 4.79 Å². The lowest BCUT2D eigenvalue weighted by atomic mass is 10.1. The lowest BCUT2D eigenvalue weighted by Gasteiger charge is -2.11. The minimum absolute atomic E-state index is 0.169. The number of rotatable bonds is 11. The molecule has 1 N–H and O–H groups in total. The predicted octanol–water partition coefficient (Wildman–Crippen LogP) is 6.89. The van der Waals surface area contributed by atoms with Crippen LogP contribution in [0.1, 0.15) is 42.1 Å². The van der Waals surface area contributed by atoms with Gasteiger partial charge >= 0.3 is 0 Å².